The Kier molecular flexibility index (Phi) is 4.04. The van der Waals surface area contributed by atoms with Gasteiger partial charge in [-0.25, -0.2) is 4.79 Å². The molecule has 3 aromatic rings. The second-order valence-corrected chi connectivity index (χ2v) is 7.42. The Bertz CT molecular complexity index is 973. The first-order chi connectivity index (χ1) is 12.0. The molecule has 4 heteroatoms. The summed E-state index contributed by atoms with van der Waals surface area (Å²) in [5.41, 5.74) is 5.03. The summed E-state index contributed by atoms with van der Waals surface area (Å²) in [5, 5.41) is 11.5. The molecule has 0 spiro atoms. The van der Waals surface area contributed by atoms with Gasteiger partial charge in [0.15, 0.2) is 0 Å². The molecule has 1 aliphatic rings. The van der Waals surface area contributed by atoms with E-state index in [1.54, 1.807) is 12.1 Å². The maximum atomic E-state index is 11.6. The van der Waals surface area contributed by atoms with Crippen LogP contribution in [0.4, 0.5) is 0 Å². The van der Waals surface area contributed by atoms with E-state index >= 15 is 0 Å². The number of aromatic carboxylic acids is 1. The summed E-state index contributed by atoms with van der Waals surface area (Å²) in [4.78, 5) is 11.6. The van der Waals surface area contributed by atoms with Gasteiger partial charge in [-0.3, -0.25) is 0 Å². The van der Waals surface area contributed by atoms with Crippen molar-refractivity contribution in [2.75, 3.05) is 0 Å². The summed E-state index contributed by atoms with van der Waals surface area (Å²) in [6, 6.07) is 13.3. The smallest absolute Gasteiger partial charge is 0.336 e. The predicted octanol–water partition coefficient (Wildman–Crippen LogP) is 5.17. The quantitative estimate of drug-likeness (QED) is 0.706. The molecule has 4 rings (SSSR count). The number of hydrogen-bond acceptors (Lipinski definition) is 1. The van der Waals surface area contributed by atoms with Gasteiger partial charge in [-0.05, 0) is 54.5 Å². The van der Waals surface area contributed by atoms with Crippen LogP contribution in [0.2, 0.25) is 5.02 Å². The zero-order valence-electron chi connectivity index (χ0n) is 14.1. The van der Waals surface area contributed by atoms with Crippen molar-refractivity contribution in [3.8, 4) is 0 Å². The van der Waals surface area contributed by atoms with Gasteiger partial charge in [-0.15, -0.1) is 0 Å². The molecule has 1 atom stereocenters. The Morgan fingerprint density at radius 2 is 2.08 bits per heavy atom. The molecule has 128 valence electrons. The molecule has 0 saturated heterocycles. The highest BCUT2D eigenvalue weighted by Crippen LogP contribution is 2.36. The average molecular weight is 354 g/mol. The van der Waals surface area contributed by atoms with Crippen LogP contribution in [0.3, 0.4) is 0 Å². The summed E-state index contributed by atoms with van der Waals surface area (Å²) in [6.45, 7) is 2.85. The van der Waals surface area contributed by atoms with E-state index in [0.717, 1.165) is 30.3 Å². The van der Waals surface area contributed by atoms with E-state index in [9.17, 15) is 9.90 Å². The van der Waals surface area contributed by atoms with E-state index < -0.39 is 5.97 Å². The van der Waals surface area contributed by atoms with Gasteiger partial charge in [0, 0.05) is 22.6 Å². The Morgan fingerprint density at radius 1 is 1.28 bits per heavy atom. The van der Waals surface area contributed by atoms with Crippen molar-refractivity contribution in [3.63, 3.8) is 0 Å². The molecule has 1 aliphatic carbocycles. The Hall–Kier alpha value is -2.26. The highest BCUT2D eigenvalue weighted by molar-refractivity contribution is 6.31. The van der Waals surface area contributed by atoms with Crippen molar-refractivity contribution in [2.24, 2.45) is 5.92 Å². The minimum Gasteiger partial charge on any atom is -0.478 e. The molecule has 1 aromatic heterocycles. The van der Waals surface area contributed by atoms with Crippen molar-refractivity contribution in [2.45, 2.75) is 32.7 Å². The lowest BCUT2D eigenvalue weighted by Crippen LogP contribution is -2.15. The zero-order valence-corrected chi connectivity index (χ0v) is 14.9. The van der Waals surface area contributed by atoms with Gasteiger partial charge in [0.05, 0.1) is 11.1 Å². The van der Waals surface area contributed by atoms with Gasteiger partial charge >= 0.3 is 5.97 Å². The summed E-state index contributed by atoms with van der Waals surface area (Å²) in [7, 11) is 0. The third-order valence-corrected chi connectivity index (χ3v) is 5.49. The van der Waals surface area contributed by atoms with E-state index in [0.29, 0.717) is 23.0 Å². The van der Waals surface area contributed by atoms with Crippen LogP contribution in [-0.4, -0.2) is 15.6 Å². The van der Waals surface area contributed by atoms with Crippen LogP contribution in [0.25, 0.3) is 10.9 Å². The summed E-state index contributed by atoms with van der Waals surface area (Å²) < 4.78 is 2.27. The Morgan fingerprint density at radius 3 is 2.88 bits per heavy atom. The monoisotopic (exact) mass is 353 g/mol. The van der Waals surface area contributed by atoms with Crippen molar-refractivity contribution >= 4 is 28.5 Å². The summed E-state index contributed by atoms with van der Waals surface area (Å²) in [5.74, 6) is -0.207. The largest absolute Gasteiger partial charge is 0.478 e. The molecule has 0 fully saturated rings. The van der Waals surface area contributed by atoms with Crippen LogP contribution in [-0.2, 0) is 19.4 Å². The fourth-order valence-electron chi connectivity index (χ4n) is 4.01. The number of aromatic nitrogens is 1. The maximum absolute atomic E-state index is 11.6. The normalized spacial score (nSPS) is 16.8. The van der Waals surface area contributed by atoms with Crippen molar-refractivity contribution in [1.29, 1.82) is 0 Å². The Balaban J connectivity index is 1.90. The molecule has 1 heterocycles. The molecule has 1 N–H and O–H groups in total. The standard InChI is InChI=1S/C21H20ClNO2/c1-13-6-9-19-18(10-13)17-8-7-15(22)11-20(17)23(19)12-14-4-2-3-5-16(14)21(24)25/h2-5,7-8,11,13H,6,9-10,12H2,1H3,(H,24,25). The number of rotatable bonds is 3. The van der Waals surface area contributed by atoms with Gasteiger partial charge in [-0.2, -0.15) is 0 Å². The minimum atomic E-state index is -0.882. The number of halogens is 1. The zero-order chi connectivity index (χ0) is 17.6. The fraction of sp³-hybridized carbons (Fsp3) is 0.286. The number of carboxylic acids is 1. The molecule has 0 saturated carbocycles. The van der Waals surface area contributed by atoms with Gasteiger partial charge in [0.1, 0.15) is 0 Å². The van der Waals surface area contributed by atoms with Gasteiger partial charge in [-0.1, -0.05) is 42.8 Å². The SMILES string of the molecule is CC1CCc2c(c3ccc(Cl)cc3n2Cc2ccccc2C(=O)O)C1. The molecular formula is C21H20ClNO2. The fourth-order valence-corrected chi connectivity index (χ4v) is 4.18. The summed E-state index contributed by atoms with van der Waals surface area (Å²) >= 11 is 6.26. The second kappa shape index (κ2) is 6.23. The van der Waals surface area contributed by atoms with Crippen LogP contribution >= 0.6 is 11.6 Å². The van der Waals surface area contributed by atoms with E-state index in [1.807, 2.05) is 24.3 Å². The van der Waals surface area contributed by atoms with Crippen LogP contribution in [0.1, 0.15) is 40.5 Å². The molecule has 2 aromatic carbocycles. The minimum absolute atomic E-state index is 0.365. The number of hydrogen-bond donors (Lipinski definition) is 1. The lowest BCUT2D eigenvalue weighted by Gasteiger charge is -2.21. The maximum Gasteiger partial charge on any atom is 0.336 e. The lowest BCUT2D eigenvalue weighted by molar-refractivity contribution is 0.0695. The van der Waals surface area contributed by atoms with E-state index in [2.05, 4.69) is 17.6 Å². The van der Waals surface area contributed by atoms with Crippen LogP contribution in [0.5, 0.6) is 0 Å². The van der Waals surface area contributed by atoms with Gasteiger partial charge < -0.3 is 9.67 Å². The van der Waals surface area contributed by atoms with E-state index in [1.165, 1.54) is 16.6 Å². The van der Waals surface area contributed by atoms with Crippen LogP contribution < -0.4 is 0 Å². The van der Waals surface area contributed by atoms with Crippen molar-refractivity contribution in [1.82, 2.24) is 4.57 Å². The molecule has 0 bridgehead atoms. The lowest BCUT2D eigenvalue weighted by atomic mass is 9.87. The van der Waals surface area contributed by atoms with Gasteiger partial charge in [0.2, 0.25) is 0 Å². The van der Waals surface area contributed by atoms with Crippen LogP contribution in [0.15, 0.2) is 42.5 Å². The molecule has 0 amide bonds. The number of benzene rings is 2. The van der Waals surface area contributed by atoms with E-state index in [4.69, 9.17) is 11.6 Å². The van der Waals surface area contributed by atoms with Crippen LogP contribution in [0, 0.1) is 5.92 Å². The second-order valence-electron chi connectivity index (χ2n) is 6.98. The predicted molar refractivity (Wildman–Crippen MR) is 101 cm³/mol. The molecule has 1 unspecified atom stereocenters. The number of nitrogens with zero attached hydrogens (tertiary/aromatic N) is 1. The molecule has 3 nitrogen and oxygen atoms in total. The highest BCUT2D eigenvalue weighted by Gasteiger charge is 2.24. The Labute approximate surface area is 151 Å². The molecule has 0 radical (unpaired) electrons. The highest BCUT2D eigenvalue weighted by atomic mass is 35.5. The third-order valence-electron chi connectivity index (χ3n) is 5.25. The average Bonchev–Trinajstić information content (AvgIpc) is 2.88. The number of carbonyl (C=O) groups is 1. The topological polar surface area (TPSA) is 42.2 Å². The van der Waals surface area contributed by atoms with Crippen molar-refractivity contribution < 1.29 is 9.90 Å². The first kappa shape index (κ1) is 16.2. The van der Waals surface area contributed by atoms with Crippen molar-refractivity contribution in [3.05, 3.63) is 69.9 Å². The third kappa shape index (κ3) is 2.83. The number of fused-ring (bicyclic) bond motifs is 3. The first-order valence-corrected chi connectivity index (χ1v) is 9.03. The molecular weight excluding hydrogens is 334 g/mol. The summed E-state index contributed by atoms with van der Waals surface area (Å²) in [6.07, 6.45) is 3.26. The number of carboxylic acid groups (broad SMARTS) is 1. The molecule has 0 aliphatic heterocycles. The first-order valence-electron chi connectivity index (χ1n) is 8.65. The van der Waals surface area contributed by atoms with Gasteiger partial charge in [0.25, 0.3) is 0 Å². The molecule has 25 heavy (non-hydrogen) atoms. The van der Waals surface area contributed by atoms with E-state index in [-0.39, 0.29) is 0 Å².